The van der Waals surface area contributed by atoms with E-state index < -0.39 is 0 Å². The van der Waals surface area contributed by atoms with Crippen LogP contribution in [0.4, 0.5) is 0 Å². The molecule has 0 saturated heterocycles. The summed E-state index contributed by atoms with van der Waals surface area (Å²) in [6, 6.07) is 0. The zero-order valence-corrected chi connectivity index (χ0v) is 8.91. The fourth-order valence-electron chi connectivity index (χ4n) is 1.76. The Labute approximate surface area is 86.7 Å². The number of aliphatic hydroxyl groups excluding tert-OH is 1. The lowest BCUT2D eigenvalue weighted by atomic mass is 10.0. The van der Waals surface area contributed by atoms with Gasteiger partial charge in [0.05, 0.1) is 12.2 Å². The van der Waals surface area contributed by atoms with Crippen molar-refractivity contribution in [2.75, 3.05) is 6.61 Å². The topological polar surface area (TPSA) is 29.5 Å². The largest absolute Gasteiger partial charge is 0.390 e. The van der Waals surface area contributed by atoms with Crippen LogP contribution in [-0.4, -0.2) is 23.9 Å². The van der Waals surface area contributed by atoms with E-state index in [2.05, 4.69) is 5.92 Å². The molecule has 0 aliphatic heterocycles. The van der Waals surface area contributed by atoms with E-state index in [4.69, 9.17) is 11.2 Å². The molecule has 0 spiro atoms. The molecule has 0 heterocycles. The molecule has 2 atom stereocenters. The minimum absolute atomic E-state index is 0.0535. The Morgan fingerprint density at radius 3 is 2.79 bits per heavy atom. The summed E-state index contributed by atoms with van der Waals surface area (Å²) in [5.74, 6) is 3.18. The van der Waals surface area contributed by atoms with Crippen LogP contribution < -0.4 is 0 Å². The minimum atomic E-state index is -0.323. The van der Waals surface area contributed by atoms with Gasteiger partial charge in [-0.25, -0.2) is 0 Å². The number of hydrogen-bond acceptors (Lipinski definition) is 2. The van der Waals surface area contributed by atoms with Gasteiger partial charge in [0.15, 0.2) is 0 Å². The van der Waals surface area contributed by atoms with Crippen molar-refractivity contribution < 1.29 is 9.84 Å². The molecule has 2 nitrogen and oxygen atoms in total. The fraction of sp³-hybridized carbons (Fsp3) is 0.833. The van der Waals surface area contributed by atoms with Crippen LogP contribution in [0.1, 0.15) is 39.0 Å². The third kappa shape index (κ3) is 3.69. The number of aliphatic hydroxyl groups is 1. The zero-order chi connectivity index (χ0) is 10.4. The molecular formula is C12H20O2. The van der Waals surface area contributed by atoms with Crippen molar-refractivity contribution >= 4 is 0 Å². The second kappa shape index (κ2) is 6.06. The standard InChI is InChI=1S/C12H20O2/c1-3-5-6-7-11(13)12(14-4-2)10-8-9-10/h1,10-13H,4-9H2,2H3. The third-order valence-corrected chi connectivity index (χ3v) is 2.65. The van der Waals surface area contributed by atoms with Gasteiger partial charge < -0.3 is 9.84 Å². The van der Waals surface area contributed by atoms with Crippen LogP contribution in [0.2, 0.25) is 0 Å². The number of rotatable bonds is 7. The monoisotopic (exact) mass is 196 g/mol. The molecule has 1 saturated carbocycles. The molecule has 0 amide bonds. The molecule has 0 aromatic rings. The first kappa shape index (κ1) is 11.6. The van der Waals surface area contributed by atoms with E-state index in [1.807, 2.05) is 6.92 Å². The van der Waals surface area contributed by atoms with E-state index in [1.54, 1.807) is 0 Å². The second-order valence-corrected chi connectivity index (χ2v) is 3.92. The maximum atomic E-state index is 9.88. The minimum Gasteiger partial charge on any atom is -0.390 e. The third-order valence-electron chi connectivity index (χ3n) is 2.65. The van der Waals surface area contributed by atoms with Gasteiger partial charge in [-0.3, -0.25) is 0 Å². The van der Waals surface area contributed by atoms with E-state index in [-0.39, 0.29) is 12.2 Å². The first-order valence-corrected chi connectivity index (χ1v) is 5.52. The molecule has 1 aliphatic rings. The first-order valence-electron chi connectivity index (χ1n) is 5.52. The Balaban J connectivity index is 2.23. The Morgan fingerprint density at radius 2 is 2.29 bits per heavy atom. The highest BCUT2D eigenvalue weighted by Gasteiger charge is 2.36. The quantitative estimate of drug-likeness (QED) is 0.498. The SMILES string of the molecule is C#CCCCC(O)C(OCC)C1CC1. The summed E-state index contributed by atoms with van der Waals surface area (Å²) < 4.78 is 5.56. The average Bonchev–Trinajstić information content (AvgIpc) is 2.98. The molecule has 1 rings (SSSR count). The van der Waals surface area contributed by atoms with Crippen molar-refractivity contribution in [3.05, 3.63) is 0 Å². The molecule has 80 valence electrons. The van der Waals surface area contributed by atoms with Gasteiger partial charge >= 0.3 is 0 Å². The van der Waals surface area contributed by atoms with Crippen LogP contribution in [-0.2, 0) is 4.74 Å². The van der Waals surface area contributed by atoms with E-state index in [9.17, 15) is 5.11 Å². The number of terminal acetylenes is 1. The van der Waals surface area contributed by atoms with E-state index >= 15 is 0 Å². The molecule has 0 aromatic heterocycles. The van der Waals surface area contributed by atoms with Crippen LogP contribution in [0.5, 0.6) is 0 Å². The summed E-state index contributed by atoms with van der Waals surface area (Å²) in [6.07, 6.45) is 9.72. The van der Waals surface area contributed by atoms with Crippen molar-refractivity contribution in [3.63, 3.8) is 0 Å². The first-order chi connectivity index (χ1) is 6.79. The molecule has 0 radical (unpaired) electrons. The molecule has 2 unspecified atom stereocenters. The smallest absolute Gasteiger partial charge is 0.0861 e. The summed E-state index contributed by atoms with van der Waals surface area (Å²) >= 11 is 0. The summed E-state index contributed by atoms with van der Waals surface area (Å²) in [4.78, 5) is 0. The fourth-order valence-corrected chi connectivity index (χ4v) is 1.76. The number of unbranched alkanes of at least 4 members (excludes halogenated alkanes) is 1. The molecule has 0 bridgehead atoms. The van der Waals surface area contributed by atoms with Gasteiger partial charge in [-0.1, -0.05) is 0 Å². The number of ether oxygens (including phenoxy) is 1. The lowest BCUT2D eigenvalue weighted by Gasteiger charge is -2.22. The average molecular weight is 196 g/mol. The lowest BCUT2D eigenvalue weighted by molar-refractivity contribution is -0.0479. The normalized spacial score (nSPS) is 20.1. The van der Waals surface area contributed by atoms with E-state index in [0.29, 0.717) is 12.5 Å². The van der Waals surface area contributed by atoms with Crippen LogP contribution in [0.25, 0.3) is 0 Å². The van der Waals surface area contributed by atoms with Crippen LogP contribution in [0.3, 0.4) is 0 Å². The van der Waals surface area contributed by atoms with Crippen molar-refractivity contribution in [2.24, 2.45) is 5.92 Å². The molecule has 1 N–H and O–H groups in total. The summed E-state index contributed by atoms with van der Waals surface area (Å²) in [5.41, 5.74) is 0. The number of hydrogen-bond donors (Lipinski definition) is 1. The molecule has 14 heavy (non-hydrogen) atoms. The Kier molecular flexibility index (Phi) is 5.00. The van der Waals surface area contributed by atoms with Gasteiger partial charge in [-0.05, 0) is 38.5 Å². The van der Waals surface area contributed by atoms with Crippen LogP contribution in [0, 0.1) is 18.3 Å². The molecule has 2 heteroatoms. The van der Waals surface area contributed by atoms with Gasteiger partial charge in [0.25, 0.3) is 0 Å². The predicted molar refractivity (Wildman–Crippen MR) is 56.8 cm³/mol. The molecule has 0 aromatic carbocycles. The van der Waals surface area contributed by atoms with Gasteiger partial charge in [-0.15, -0.1) is 12.3 Å². The Bertz CT molecular complexity index is 191. The van der Waals surface area contributed by atoms with E-state index in [0.717, 1.165) is 19.3 Å². The summed E-state index contributed by atoms with van der Waals surface area (Å²) in [5, 5.41) is 9.88. The van der Waals surface area contributed by atoms with E-state index in [1.165, 1.54) is 12.8 Å². The molecule has 1 aliphatic carbocycles. The van der Waals surface area contributed by atoms with Gasteiger partial charge in [0, 0.05) is 13.0 Å². The Morgan fingerprint density at radius 1 is 1.57 bits per heavy atom. The Hall–Kier alpha value is -0.520. The predicted octanol–water partition coefficient (Wildman–Crippen LogP) is 1.97. The van der Waals surface area contributed by atoms with Gasteiger partial charge in [0.1, 0.15) is 0 Å². The van der Waals surface area contributed by atoms with Crippen molar-refractivity contribution in [2.45, 2.75) is 51.2 Å². The summed E-state index contributed by atoms with van der Waals surface area (Å²) in [7, 11) is 0. The summed E-state index contributed by atoms with van der Waals surface area (Å²) in [6.45, 7) is 2.66. The lowest BCUT2D eigenvalue weighted by Crippen LogP contribution is -2.31. The van der Waals surface area contributed by atoms with Gasteiger partial charge in [-0.2, -0.15) is 0 Å². The van der Waals surface area contributed by atoms with Crippen molar-refractivity contribution in [1.29, 1.82) is 0 Å². The van der Waals surface area contributed by atoms with Crippen LogP contribution in [0.15, 0.2) is 0 Å². The molecular weight excluding hydrogens is 176 g/mol. The second-order valence-electron chi connectivity index (χ2n) is 3.92. The maximum Gasteiger partial charge on any atom is 0.0861 e. The van der Waals surface area contributed by atoms with Gasteiger partial charge in [0.2, 0.25) is 0 Å². The molecule has 1 fully saturated rings. The zero-order valence-electron chi connectivity index (χ0n) is 8.91. The van der Waals surface area contributed by atoms with Crippen LogP contribution >= 0.6 is 0 Å². The highest BCUT2D eigenvalue weighted by Crippen LogP contribution is 2.36. The highest BCUT2D eigenvalue weighted by molar-refractivity contribution is 4.88. The highest BCUT2D eigenvalue weighted by atomic mass is 16.5. The van der Waals surface area contributed by atoms with Crippen molar-refractivity contribution in [3.8, 4) is 12.3 Å². The van der Waals surface area contributed by atoms with Crippen molar-refractivity contribution in [1.82, 2.24) is 0 Å². The maximum absolute atomic E-state index is 9.88.